The quantitative estimate of drug-likeness (QED) is 0.556. The monoisotopic (exact) mass is 147 g/mol. The van der Waals surface area contributed by atoms with Crippen LogP contribution in [0.4, 0.5) is 0 Å². The average molecular weight is 147 g/mol. The first-order valence-corrected chi connectivity index (χ1v) is 2.98. The number of methoxy groups -OCH3 is 2. The molecular weight excluding hydrogens is 134 g/mol. The summed E-state index contributed by atoms with van der Waals surface area (Å²) in [6.45, 7) is 1.65. The van der Waals surface area contributed by atoms with E-state index in [1.807, 2.05) is 0 Å². The number of hydrogen-bond donors (Lipinski definition) is 1. The summed E-state index contributed by atoms with van der Waals surface area (Å²) >= 11 is 0. The molecule has 0 spiro atoms. The highest BCUT2D eigenvalue weighted by Gasteiger charge is 2.20. The summed E-state index contributed by atoms with van der Waals surface area (Å²) in [5, 5.41) is 0. The smallest absolute Gasteiger partial charge is 0.225 e. The van der Waals surface area contributed by atoms with Gasteiger partial charge in [0.05, 0.1) is 5.92 Å². The van der Waals surface area contributed by atoms with Gasteiger partial charge in [0.1, 0.15) is 0 Å². The number of carbonyl (C=O) groups is 1. The molecule has 1 amide bonds. The molecule has 0 radical (unpaired) electrons. The van der Waals surface area contributed by atoms with Crippen molar-refractivity contribution in [2.75, 3.05) is 14.2 Å². The molecule has 0 aromatic rings. The van der Waals surface area contributed by atoms with Crippen molar-refractivity contribution < 1.29 is 14.3 Å². The Hall–Kier alpha value is -0.610. The summed E-state index contributed by atoms with van der Waals surface area (Å²) in [7, 11) is 2.93. The van der Waals surface area contributed by atoms with E-state index in [1.165, 1.54) is 14.2 Å². The first-order chi connectivity index (χ1) is 4.63. The standard InChI is InChI=1S/C6H13NO3/c1-4(5(7)8)6(9-2)10-3/h4,6H,1-3H3,(H2,7,8). The summed E-state index contributed by atoms with van der Waals surface area (Å²) in [5.41, 5.74) is 4.99. The fraction of sp³-hybridized carbons (Fsp3) is 0.833. The molecule has 0 aliphatic heterocycles. The molecule has 10 heavy (non-hydrogen) atoms. The number of hydrogen-bond acceptors (Lipinski definition) is 3. The molecule has 4 nitrogen and oxygen atoms in total. The molecule has 1 atom stereocenters. The molecule has 0 bridgehead atoms. The largest absolute Gasteiger partial charge is 0.369 e. The second-order valence-electron chi connectivity index (χ2n) is 2.03. The highest BCUT2D eigenvalue weighted by molar-refractivity contribution is 5.76. The molecule has 0 aliphatic carbocycles. The van der Waals surface area contributed by atoms with Gasteiger partial charge in [0, 0.05) is 14.2 Å². The molecule has 0 fully saturated rings. The third-order valence-corrected chi connectivity index (χ3v) is 1.32. The van der Waals surface area contributed by atoms with Gasteiger partial charge in [-0.15, -0.1) is 0 Å². The van der Waals surface area contributed by atoms with Crippen LogP contribution in [0.5, 0.6) is 0 Å². The summed E-state index contributed by atoms with van der Waals surface area (Å²) < 4.78 is 9.60. The molecule has 2 N–H and O–H groups in total. The second-order valence-corrected chi connectivity index (χ2v) is 2.03. The molecule has 60 valence electrons. The third kappa shape index (κ3) is 2.33. The highest BCUT2D eigenvalue weighted by atomic mass is 16.7. The second kappa shape index (κ2) is 4.24. The lowest BCUT2D eigenvalue weighted by Crippen LogP contribution is -2.33. The van der Waals surface area contributed by atoms with E-state index < -0.39 is 18.1 Å². The van der Waals surface area contributed by atoms with Crippen LogP contribution in [0.1, 0.15) is 6.92 Å². The maximum Gasteiger partial charge on any atom is 0.225 e. The Morgan fingerprint density at radius 3 is 1.90 bits per heavy atom. The van der Waals surface area contributed by atoms with Crippen molar-refractivity contribution >= 4 is 5.91 Å². The van der Waals surface area contributed by atoms with Crippen molar-refractivity contribution in [3.05, 3.63) is 0 Å². The predicted molar refractivity (Wildman–Crippen MR) is 36.2 cm³/mol. The van der Waals surface area contributed by atoms with E-state index in [1.54, 1.807) is 6.92 Å². The molecule has 0 aromatic carbocycles. The zero-order valence-electron chi connectivity index (χ0n) is 6.46. The summed E-state index contributed by atoms with van der Waals surface area (Å²) in [6.07, 6.45) is -0.530. The number of nitrogens with two attached hydrogens (primary N) is 1. The van der Waals surface area contributed by atoms with Crippen molar-refractivity contribution in [2.24, 2.45) is 11.7 Å². The lowest BCUT2D eigenvalue weighted by molar-refractivity contribution is -0.153. The Labute approximate surface area is 60.3 Å². The maximum absolute atomic E-state index is 10.5. The minimum absolute atomic E-state index is 0.407. The number of primary amides is 1. The van der Waals surface area contributed by atoms with Crippen LogP contribution in [0, 0.1) is 5.92 Å². The zero-order chi connectivity index (χ0) is 8.15. The molecule has 0 saturated heterocycles. The van der Waals surface area contributed by atoms with Gasteiger partial charge in [-0.25, -0.2) is 0 Å². The van der Waals surface area contributed by atoms with Gasteiger partial charge >= 0.3 is 0 Å². The van der Waals surface area contributed by atoms with Crippen molar-refractivity contribution in [1.82, 2.24) is 0 Å². The predicted octanol–water partition coefficient (Wildman–Crippen LogP) is -0.273. The minimum atomic E-state index is -0.530. The minimum Gasteiger partial charge on any atom is -0.369 e. The molecular formula is C6H13NO3. The fourth-order valence-electron chi connectivity index (χ4n) is 0.639. The number of amides is 1. The summed E-state index contributed by atoms with van der Waals surface area (Å²) in [4.78, 5) is 10.5. The Morgan fingerprint density at radius 1 is 1.40 bits per heavy atom. The molecule has 1 unspecified atom stereocenters. The number of rotatable bonds is 4. The van der Waals surface area contributed by atoms with Crippen LogP contribution in [0.15, 0.2) is 0 Å². The van der Waals surface area contributed by atoms with Gasteiger partial charge in [0.25, 0.3) is 0 Å². The van der Waals surface area contributed by atoms with Gasteiger partial charge in [-0.2, -0.15) is 0 Å². The normalized spacial score (nSPS) is 13.6. The van der Waals surface area contributed by atoms with Gasteiger partial charge < -0.3 is 15.2 Å². The molecule has 0 aromatic heterocycles. The van der Waals surface area contributed by atoms with Crippen LogP contribution < -0.4 is 5.73 Å². The number of carbonyl (C=O) groups excluding carboxylic acids is 1. The van der Waals surface area contributed by atoms with Gasteiger partial charge in [0.15, 0.2) is 6.29 Å². The van der Waals surface area contributed by atoms with Gasteiger partial charge in [-0.1, -0.05) is 0 Å². The third-order valence-electron chi connectivity index (χ3n) is 1.32. The Morgan fingerprint density at radius 2 is 1.80 bits per heavy atom. The van der Waals surface area contributed by atoms with Crippen LogP contribution >= 0.6 is 0 Å². The van der Waals surface area contributed by atoms with Crippen LogP contribution in [0.3, 0.4) is 0 Å². The fourth-order valence-corrected chi connectivity index (χ4v) is 0.639. The first-order valence-electron chi connectivity index (χ1n) is 2.98. The zero-order valence-corrected chi connectivity index (χ0v) is 6.46. The lowest BCUT2D eigenvalue weighted by atomic mass is 10.1. The lowest BCUT2D eigenvalue weighted by Gasteiger charge is -2.17. The van der Waals surface area contributed by atoms with E-state index >= 15 is 0 Å². The van der Waals surface area contributed by atoms with Crippen LogP contribution in [0.25, 0.3) is 0 Å². The maximum atomic E-state index is 10.5. The van der Waals surface area contributed by atoms with Crippen LogP contribution in [0.2, 0.25) is 0 Å². The SMILES string of the molecule is COC(OC)C(C)C(N)=O. The Bertz CT molecular complexity index is 112. The van der Waals surface area contributed by atoms with Gasteiger partial charge in [-0.05, 0) is 6.92 Å². The van der Waals surface area contributed by atoms with E-state index in [-0.39, 0.29) is 0 Å². The summed E-state index contributed by atoms with van der Waals surface area (Å²) in [5.74, 6) is -0.830. The molecule has 0 heterocycles. The Balaban J connectivity index is 3.88. The molecule has 0 saturated carbocycles. The molecule has 4 heteroatoms. The van der Waals surface area contributed by atoms with Crippen LogP contribution in [-0.2, 0) is 14.3 Å². The van der Waals surface area contributed by atoms with E-state index in [0.717, 1.165) is 0 Å². The highest BCUT2D eigenvalue weighted by Crippen LogP contribution is 2.05. The van der Waals surface area contributed by atoms with Crippen LogP contribution in [-0.4, -0.2) is 26.4 Å². The molecule has 0 aliphatic rings. The Kier molecular flexibility index (Phi) is 3.99. The molecule has 0 rings (SSSR count). The topological polar surface area (TPSA) is 61.6 Å². The van der Waals surface area contributed by atoms with Gasteiger partial charge in [0.2, 0.25) is 5.91 Å². The van der Waals surface area contributed by atoms with E-state index in [4.69, 9.17) is 15.2 Å². The van der Waals surface area contributed by atoms with Gasteiger partial charge in [-0.3, -0.25) is 4.79 Å². The van der Waals surface area contributed by atoms with Crippen molar-refractivity contribution in [3.8, 4) is 0 Å². The van der Waals surface area contributed by atoms with E-state index in [0.29, 0.717) is 0 Å². The number of ether oxygens (including phenoxy) is 2. The van der Waals surface area contributed by atoms with E-state index in [9.17, 15) is 4.79 Å². The average Bonchev–Trinajstić information content (AvgIpc) is 1.90. The van der Waals surface area contributed by atoms with E-state index in [2.05, 4.69) is 0 Å². The van der Waals surface area contributed by atoms with Crippen molar-refractivity contribution in [2.45, 2.75) is 13.2 Å². The summed E-state index contributed by atoms with van der Waals surface area (Å²) in [6, 6.07) is 0. The van der Waals surface area contributed by atoms with Crippen molar-refractivity contribution in [1.29, 1.82) is 0 Å². The first kappa shape index (κ1) is 9.39. The van der Waals surface area contributed by atoms with Crippen molar-refractivity contribution in [3.63, 3.8) is 0 Å².